The van der Waals surface area contributed by atoms with E-state index in [9.17, 15) is 0 Å². The van der Waals surface area contributed by atoms with Gasteiger partial charge in [0.05, 0.1) is 12.7 Å². The SMILES string of the molecule is C=C/C=C\COC(C)C.CC.c1ccccc1. The fraction of sp³-hybridized carbons (Fsp3) is 0.375. The second-order valence-corrected chi connectivity index (χ2v) is 3.20. The Hall–Kier alpha value is -1.34. The molecule has 1 aromatic rings. The van der Waals surface area contributed by atoms with Gasteiger partial charge >= 0.3 is 0 Å². The highest BCUT2D eigenvalue weighted by Gasteiger charge is 1.86. The Morgan fingerprint density at radius 3 is 1.71 bits per heavy atom. The predicted octanol–water partition coefficient (Wildman–Crippen LogP) is 4.87. The zero-order chi connectivity index (χ0) is 13.4. The number of rotatable bonds is 4. The van der Waals surface area contributed by atoms with Crippen LogP contribution in [-0.2, 0) is 4.74 Å². The molecular weight excluding hydrogens is 208 g/mol. The van der Waals surface area contributed by atoms with Gasteiger partial charge in [-0.05, 0) is 13.8 Å². The van der Waals surface area contributed by atoms with Gasteiger partial charge in [-0.15, -0.1) is 0 Å². The summed E-state index contributed by atoms with van der Waals surface area (Å²) in [6, 6.07) is 12.0. The van der Waals surface area contributed by atoms with Crippen LogP contribution in [0.2, 0.25) is 0 Å². The normalized spacial score (nSPS) is 9.00. The second-order valence-electron chi connectivity index (χ2n) is 3.20. The van der Waals surface area contributed by atoms with Crippen molar-refractivity contribution in [3.63, 3.8) is 0 Å². The van der Waals surface area contributed by atoms with Crippen LogP contribution in [0.1, 0.15) is 27.7 Å². The van der Waals surface area contributed by atoms with Gasteiger partial charge in [-0.1, -0.05) is 75.1 Å². The molecule has 0 unspecified atom stereocenters. The van der Waals surface area contributed by atoms with E-state index in [1.165, 1.54) is 0 Å². The van der Waals surface area contributed by atoms with Crippen molar-refractivity contribution >= 4 is 0 Å². The summed E-state index contributed by atoms with van der Waals surface area (Å²) in [6.07, 6.45) is 5.87. The van der Waals surface area contributed by atoms with Crippen molar-refractivity contribution in [3.8, 4) is 0 Å². The van der Waals surface area contributed by atoms with Crippen LogP contribution in [0.5, 0.6) is 0 Å². The lowest BCUT2D eigenvalue weighted by Gasteiger charge is -2.01. The highest BCUT2D eigenvalue weighted by Crippen LogP contribution is 1.86. The van der Waals surface area contributed by atoms with E-state index in [2.05, 4.69) is 6.58 Å². The molecule has 17 heavy (non-hydrogen) atoms. The molecule has 0 aliphatic rings. The van der Waals surface area contributed by atoms with Gasteiger partial charge < -0.3 is 4.74 Å². The maximum atomic E-state index is 5.21. The van der Waals surface area contributed by atoms with Gasteiger partial charge in [-0.3, -0.25) is 0 Å². The van der Waals surface area contributed by atoms with Crippen molar-refractivity contribution in [1.29, 1.82) is 0 Å². The van der Waals surface area contributed by atoms with Crippen molar-refractivity contribution in [2.75, 3.05) is 6.61 Å². The Morgan fingerprint density at radius 1 is 1.00 bits per heavy atom. The van der Waals surface area contributed by atoms with E-state index in [1.807, 2.05) is 76.2 Å². The monoisotopic (exact) mass is 234 g/mol. The van der Waals surface area contributed by atoms with E-state index in [4.69, 9.17) is 4.74 Å². The van der Waals surface area contributed by atoms with Crippen molar-refractivity contribution in [2.24, 2.45) is 0 Å². The Labute approximate surface area is 107 Å². The van der Waals surface area contributed by atoms with Crippen molar-refractivity contribution in [3.05, 3.63) is 61.2 Å². The maximum Gasteiger partial charge on any atom is 0.0653 e. The standard InChI is InChI=1S/C8H14O.C6H6.C2H6/c1-4-5-6-7-9-8(2)3;1-2-4-6-5-3-1;1-2/h4-6,8H,1,7H2,2-3H3;1-6H;1-2H3/b6-5-;;. The first kappa shape index (κ1) is 18.0. The van der Waals surface area contributed by atoms with Gasteiger partial charge in [0.2, 0.25) is 0 Å². The smallest absolute Gasteiger partial charge is 0.0653 e. The number of benzene rings is 1. The van der Waals surface area contributed by atoms with Crippen LogP contribution in [0, 0.1) is 0 Å². The van der Waals surface area contributed by atoms with Crippen LogP contribution in [0.15, 0.2) is 61.2 Å². The van der Waals surface area contributed by atoms with E-state index >= 15 is 0 Å². The summed E-state index contributed by atoms with van der Waals surface area (Å²) < 4.78 is 5.21. The van der Waals surface area contributed by atoms with Crippen LogP contribution >= 0.6 is 0 Å². The van der Waals surface area contributed by atoms with E-state index in [1.54, 1.807) is 6.08 Å². The first-order valence-corrected chi connectivity index (χ1v) is 6.16. The maximum absolute atomic E-state index is 5.21. The van der Waals surface area contributed by atoms with Crippen molar-refractivity contribution < 1.29 is 4.74 Å². The molecule has 96 valence electrons. The van der Waals surface area contributed by atoms with Crippen molar-refractivity contribution in [2.45, 2.75) is 33.8 Å². The molecule has 0 bridgehead atoms. The van der Waals surface area contributed by atoms with Gasteiger partial charge in [-0.2, -0.15) is 0 Å². The first-order valence-electron chi connectivity index (χ1n) is 6.16. The van der Waals surface area contributed by atoms with Crippen molar-refractivity contribution in [1.82, 2.24) is 0 Å². The lowest BCUT2D eigenvalue weighted by Crippen LogP contribution is -2.01. The van der Waals surface area contributed by atoms with Gasteiger partial charge in [0.15, 0.2) is 0 Å². The van der Waals surface area contributed by atoms with E-state index in [0.717, 1.165) is 0 Å². The Balaban J connectivity index is 0. The number of allylic oxidation sites excluding steroid dienone is 2. The molecule has 0 aromatic heterocycles. The highest BCUT2D eigenvalue weighted by molar-refractivity contribution is 4.99. The molecule has 0 radical (unpaired) electrons. The van der Waals surface area contributed by atoms with Crippen LogP contribution in [0.3, 0.4) is 0 Å². The summed E-state index contributed by atoms with van der Waals surface area (Å²) in [5.41, 5.74) is 0. The highest BCUT2D eigenvalue weighted by atomic mass is 16.5. The van der Waals surface area contributed by atoms with E-state index < -0.39 is 0 Å². The average Bonchev–Trinajstić information content (AvgIpc) is 2.40. The van der Waals surface area contributed by atoms with Gasteiger partial charge in [0, 0.05) is 0 Å². The van der Waals surface area contributed by atoms with E-state index in [0.29, 0.717) is 12.7 Å². The molecule has 0 atom stereocenters. The second kappa shape index (κ2) is 17.1. The molecule has 1 heteroatoms. The van der Waals surface area contributed by atoms with Crippen LogP contribution in [0.25, 0.3) is 0 Å². The molecule has 0 heterocycles. The molecule has 0 saturated heterocycles. The third kappa shape index (κ3) is 20.7. The fourth-order valence-corrected chi connectivity index (χ4v) is 0.785. The Kier molecular flexibility index (Phi) is 18.1. The lowest BCUT2D eigenvalue weighted by atomic mass is 10.4. The molecule has 0 fully saturated rings. The summed E-state index contributed by atoms with van der Waals surface area (Å²) in [6.45, 7) is 12.3. The third-order valence-corrected chi connectivity index (χ3v) is 1.46. The van der Waals surface area contributed by atoms with Crippen LogP contribution < -0.4 is 0 Å². The minimum Gasteiger partial charge on any atom is -0.375 e. The Morgan fingerprint density at radius 2 is 1.41 bits per heavy atom. The topological polar surface area (TPSA) is 9.23 Å². The first-order chi connectivity index (χ1) is 8.27. The largest absolute Gasteiger partial charge is 0.375 e. The molecule has 0 aliphatic carbocycles. The summed E-state index contributed by atoms with van der Waals surface area (Å²) >= 11 is 0. The predicted molar refractivity (Wildman–Crippen MR) is 78.2 cm³/mol. The van der Waals surface area contributed by atoms with Crippen LogP contribution in [0.4, 0.5) is 0 Å². The number of ether oxygens (including phenoxy) is 1. The zero-order valence-corrected chi connectivity index (χ0v) is 11.6. The molecular formula is C16H26O. The number of hydrogen-bond acceptors (Lipinski definition) is 1. The van der Waals surface area contributed by atoms with Crippen LogP contribution in [-0.4, -0.2) is 12.7 Å². The quantitative estimate of drug-likeness (QED) is 0.676. The van der Waals surface area contributed by atoms with E-state index in [-0.39, 0.29) is 0 Å². The molecule has 0 saturated carbocycles. The fourth-order valence-electron chi connectivity index (χ4n) is 0.785. The molecule has 0 spiro atoms. The average molecular weight is 234 g/mol. The molecule has 0 aliphatic heterocycles. The zero-order valence-electron chi connectivity index (χ0n) is 11.6. The molecule has 1 rings (SSSR count). The molecule has 1 nitrogen and oxygen atoms in total. The van der Waals surface area contributed by atoms with Gasteiger partial charge in [-0.25, -0.2) is 0 Å². The molecule has 0 N–H and O–H groups in total. The van der Waals surface area contributed by atoms with Gasteiger partial charge in [0.25, 0.3) is 0 Å². The summed E-state index contributed by atoms with van der Waals surface area (Å²) in [5, 5.41) is 0. The minimum absolute atomic E-state index is 0.319. The minimum atomic E-state index is 0.319. The van der Waals surface area contributed by atoms with Gasteiger partial charge in [0.1, 0.15) is 0 Å². The molecule has 1 aromatic carbocycles. The summed E-state index contributed by atoms with van der Waals surface area (Å²) in [7, 11) is 0. The summed E-state index contributed by atoms with van der Waals surface area (Å²) in [4.78, 5) is 0. The summed E-state index contributed by atoms with van der Waals surface area (Å²) in [5.74, 6) is 0. The Bertz CT molecular complexity index is 223. The third-order valence-electron chi connectivity index (χ3n) is 1.46. The lowest BCUT2D eigenvalue weighted by molar-refractivity contribution is 0.102. The number of hydrogen-bond donors (Lipinski definition) is 0. The molecule has 0 amide bonds.